The molecule has 0 amide bonds. The topological polar surface area (TPSA) is 80.7 Å². The minimum atomic E-state index is 0.392. The van der Waals surface area contributed by atoms with E-state index in [9.17, 15) is 0 Å². The molecule has 0 spiro atoms. The lowest BCUT2D eigenvalue weighted by Crippen LogP contribution is -2.19. The van der Waals surface area contributed by atoms with Crippen molar-refractivity contribution in [3.63, 3.8) is 0 Å². The number of H-pyrrole nitrogens is 1. The molecule has 0 radical (unpaired) electrons. The van der Waals surface area contributed by atoms with E-state index in [4.69, 9.17) is 9.72 Å². The molecule has 0 bridgehead atoms. The van der Waals surface area contributed by atoms with Gasteiger partial charge in [-0.1, -0.05) is 18.2 Å². The minimum Gasteiger partial charge on any atom is -0.381 e. The summed E-state index contributed by atoms with van der Waals surface area (Å²) in [5.41, 5.74) is 2.62. The third kappa shape index (κ3) is 2.65. The van der Waals surface area contributed by atoms with Crippen LogP contribution in [-0.4, -0.2) is 38.2 Å². The molecular formula is C18H17BrN6O. The fourth-order valence-electron chi connectivity index (χ4n) is 3.47. The van der Waals surface area contributed by atoms with Crippen molar-refractivity contribution in [2.75, 3.05) is 18.5 Å². The summed E-state index contributed by atoms with van der Waals surface area (Å²) in [6, 6.07) is 8.45. The number of ether oxygens (including phenoxy) is 1. The first-order chi connectivity index (χ1) is 12.8. The number of pyridine rings is 1. The number of nitrogens with one attached hydrogen (secondary N) is 2. The zero-order valence-corrected chi connectivity index (χ0v) is 15.5. The predicted octanol–water partition coefficient (Wildman–Crippen LogP) is 4.17. The second-order valence-corrected chi connectivity index (χ2v) is 7.21. The molecule has 0 atom stereocenters. The Labute approximate surface area is 157 Å². The number of para-hydroxylation sites is 1. The van der Waals surface area contributed by atoms with Crippen LogP contribution >= 0.6 is 15.9 Å². The molecule has 26 heavy (non-hydrogen) atoms. The van der Waals surface area contributed by atoms with Crippen LogP contribution in [0.25, 0.3) is 21.8 Å². The first kappa shape index (κ1) is 15.8. The maximum absolute atomic E-state index is 5.43. The molecule has 1 fully saturated rings. The van der Waals surface area contributed by atoms with Gasteiger partial charge in [-0.15, -0.1) is 0 Å². The molecule has 5 rings (SSSR count). The Balaban J connectivity index is 1.54. The van der Waals surface area contributed by atoms with Crippen molar-refractivity contribution in [3.05, 3.63) is 41.3 Å². The molecule has 4 aromatic rings. The average Bonchev–Trinajstić information content (AvgIpc) is 3.30. The smallest absolute Gasteiger partial charge is 0.159 e. The number of rotatable bonds is 3. The second kappa shape index (κ2) is 6.37. The van der Waals surface area contributed by atoms with Crippen LogP contribution in [0.5, 0.6) is 0 Å². The van der Waals surface area contributed by atoms with E-state index >= 15 is 0 Å². The standard InChI is InChI=1S/C18H17BrN6O/c19-17-15-13-3-1-2-4-14(13)22-18(16(15)23-24-17)21-11-9-20-25(10-11)12-5-7-26-8-6-12/h1-4,9-10,12H,5-8H2,(H,21,22)(H,23,24). The molecule has 8 heteroatoms. The largest absolute Gasteiger partial charge is 0.381 e. The molecule has 1 aliphatic heterocycles. The van der Waals surface area contributed by atoms with Crippen LogP contribution in [0.15, 0.2) is 41.3 Å². The van der Waals surface area contributed by atoms with Gasteiger partial charge in [-0.05, 0) is 34.8 Å². The number of aromatic nitrogens is 5. The molecule has 4 heterocycles. The number of aromatic amines is 1. The van der Waals surface area contributed by atoms with Crippen molar-refractivity contribution < 1.29 is 4.74 Å². The quantitative estimate of drug-likeness (QED) is 0.527. The predicted molar refractivity (Wildman–Crippen MR) is 104 cm³/mol. The lowest BCUT2D eigenvalue weighted by Gasteiger charge is -2.22. The molecule has 1 aliphatic rings. The van der Waals surface area contributed by atoms with Crippen LogP contribution in [0.4, 0.5) is 11.5 Å². The van der Waals surface area contributed by atoms with Crippen LogP contribution < -0.4 is 5.32 Å². The number of hydrogen-bond acceptors (Lipinski definition) is 5. The van der Waals surface area contributed by atoms with Gasteiger partial charge < -0.3 is 10.1 Å². The fourth-order valence-corrected chi connectivity index (χ4v) is 3.96. The highest BCUT2D eigenvalue weighted by Crippen LogP contribution is 2.34. The number of fused-ring (bicyclic) bond motifs is 3. The maximum Gasteiger partial charge on any atom is 0.159 e. The highest BCUT2D eigenvalue weighted by molar-refractivity contribution is 9.10. The summed E-state index contributed by atoms with van der Waals surface area (Å²) in [5, 5.41) is 17.4. The van der Waals surface area contributed by atoms with Gasteiger partial charge in [-0.3, -0.25) is 9.78 Å². The van der Waals surface area contributed by atoms with Gasteiger partial charge in [0.15, 0.2) is 5.82 Å². The summed E-state index contributed by atoms with van der Waals surface area (Å²) in [5.74, 6) is 0.715. The normalized spacial score (nSPS) is 15.7. The van der Waals surface area contributed by atoms with Gasteiger partial charge in [0.2, 0.25) is 0 Å². The monoisotopic (exact) mass is 412 g/mol. The van der Waals surface area contributed by atoms with Crippen LogP contribution in [-0.2, 0) is 4.74 Å². The van der Waals surface area contributed by atoms with Crippen LogP contribution in [0.3, 0.4) is 0 Å². The second-order valence-electron chi connectivity index (χ2n) is 6.42. The molecule has 0 saturated carbocycles. The Bertz CT molecular complexity index is 1080. The van der Waals surface area contributed by atoms with E-state index in [1.807, 2.05) is 35.3 Å². The van der Waals surface area contributed by atoms with Crippen LogP contribution in [0.1, 0.15) is 18.9 Å². The third-order valence-corrected chi connectivity index (χ3v) is 5.36. The van der Waals surface area contributed by atoms with E-state index in [1.54, 1.807) is 0 Å². The summed E-state index contributed by atoms with van der Waals surface area (Å²) in [6.45, 7) is 1.59. The van der Waals surface area contributed by atoms with Crippen molar-refractivity contribution in [1.82, 2.24) is 25.0 Å². The Morgan fingerprint density at radius 1 is 1.23 bits per heavy atom. The van der Waals surface area contributed by atoms with Gasteiger partial charge in [0.25, 0.3) is 0 Å². The molecule has 1 aromatic carbocycles. The Kier molecular flexibility index (Phi) is 3.86. The Morgan fingerprint density at radius 2 is 2.08 bits per heavy atom. The van der Waals surface area contributed by atoms with Crippen molar-refractivity contribution in [2.24, 2.45) is 0 Å². The van der Waals surface area contributed by atoms with E-state index in [1.165, 1.54) is 0 Å². The molecule has 132 valence electrons. The summed E-state index contributed by atoms with van der Waals surface area (Å²) in [7, 11) is 0. The SMILES string of the molecule is Brc1[nH]nc2c(Nc3cnn(C4CCOCC4)c3)nc3ccccc3c12. The number of halogens is 1. The number of anilines is 2. The lowest BCUT2D eigenvalue weighted by atomic mass is 10.1. The Morgan fingerprint density at radius 3 is 2.96 bits per heavy atom. The van der Waals surface area contributed by atoms with Crippen molar-refractivity contribution in [3.8, 4) is 0 Å². The van der Waals surface area contributed by atoms with Crippen molar-refractivity contribution in [2.45, 2.75) is 18.9 Å². The van der Waals surface area contributed by atoms with E-state index in [0.29, 0.717) is 11.9 Å². The van der Waals surface area contributed by atoms with Crippen LogP contribution in [0.2, 0.25) is 0 Å². The number of benzene rings is 1. The molecule has 1 saturated heterocycles. The van der Waals surface area contributed by atoms with Crippen molar-refractivity contribution in [1.29, 1.82) is 0 Å². The number of hydrogen-bond donors (Lipinski definition) is 2. The average molecular weight is 413 g/mol. The summed E-state index contributed by atoms with van der Waals surface area (Å²) >= 11 is 3.56. The highest BCUT2D eigenvalue weighted by atomic mass is 79.9. The van der Waals surface area contributed by atoms with E-state index in [2.05, 4.69) is 42.6 Å². The zero-order valence-electron chi connectivity index (χ0n) is 13.9. The summed E-state index contributed by atoms with van der Waals surface area (Å²) < 4.78 is 8.30. The maximum atomic E-state index is 5.43. The molecule has 3 aromatic heterocycles. The van der Waals surface area contributed by atoms with E-state index in [0.717, 1.165) is 58.2 Å². The summed E-state index contributed by atoms with van der Waals surface area (Å²) in [6.07, 6.45) is 5.85. The lowest BCUT2D eigenvalue weighted by molar-refractivity contribution is 0.0662. The van der Waals surface area contributed by atoms with Gasteiger partial charge in [-0.25, -0.2) is 4.98 Å². The molecule has 0 unspecified atom stereocenters. The summed E-state index contributed by atoms with van der Waals surface area (Å²) in [4.78, 5) is 4.76. The van der Waals surface area contributed by atoms with Gasteiger partial charge in [0.1, 0.15) is 10.1 Å². The fraction of sp³-hybridized carbons (Fsp3) is 0.278. The zero-order chi connectivity index (χ0) is 17.5. The number of nitrogens with zero attached hydrogens (tertiary/aromatic N) is 4. The van der Waals surface area contributed by atoms with Crippen LogP contribution in [0, 0.1) is 0 Å². The molecule has 7 nitrogen and oxygen atoms in total. The third-order valence-electron chi connectivity index (χ3n) is 4.78. The first-order valence-electron chi connectivity index (χ1n) is 8.61. The van der Waals surface area contributed by atoms with E-state index in [-0.39, 0.29) is 0 Å². The van der Waals surface area contributed by atoms with Gasteiger partial charge in [-0.2, -0.15) is 10.2 Å². The molecule has 2 N–H and O–H groups in total. The molecule has 0 aliphatic carbocycles. The van der Waals surface area contributed by atoms with Crippen molar-refractivity contribution >= 4 is 49.2 Å². The molecular weight excluding hydrogens is 396 g/mol. The first-order valence-corrected chi connectivity index (χ1v) is 9.40. The van der Waals surface area contributed by atoms with Gasteiger partial charge in [0, 0.05) is 30.2 Å². The van der Waals surface area contributed by atoms with E-state index < -0.39 is 0 Å². The van der Waals surface area contributed by atoms with Gasteiger partial charge in [0.05, 0.1) is 23.4 Å². The van der Waals surface area contributed by atoms with Gasteiger partial charge >= 0.3 is 0 Å². The minimum absolute atomic E-state index is 0.392. The highest BCUT2D eigenvalue weighted by Gasteiger charge is 2.18. The Hall–Kier alpha value is -2.45.